The predicted octanol–water partition coefficient (Wildman–Crippen LogP) is 1.16. The van der Waals surface area contributed by atoms with Gasteiger partial charge in [-0.3, -0.25) is 4.79 Å². The van der Waals surface area contributed by atoms with E-state index in [0.29, 0.717) is 19.4 Å². The minimum atomic E-state index is -0.0273. The highest BCUT2D eigenvalue weighted by Crippen LogP contribution is 2.20. The van der Waals surface area contributed by atoms with Crippen molar-refractivity contribution in [2.75, 3.05) is 11.9 Å². The van der Waals surface area contributed by atoms with Gasteiger partial charge in [0, 0.05) is 24.7 Å². The quantitative estimate of drug-likeness (QED) is 0.843. The third-order valence-electron chi connectivity index (χ3n) is 2.72. The first-order chi connectivity index (χ1) is 9.20. The second kappa shape index (κ2) is 6.10. The molecule has 0 spiro atoms. The summed E-state index contributed by atoms with van der Waals surface area (Å²) in [6.07, 6.45) is 2.77. The molecule has 100 valence electrons. The number of carbonyl (C=O) groups excluding carboxylic acids is 1. The summed E-state index contributed by atoms with van der Waals surface area (Å²) in [4.78, 5) is 11.6. The lowest BCUT2D eigenvalue weighted by atomic mass is 10.2. The Bertz CT molecular complexity index is 564. The van der Waals surface area contributed by atoms with E-state index < -0.39 is 0 Å². The van der Waals surface area contributed by atoms with Crippen LogP contribution < -0.4 is 11.1 Å². The second-order valence-corrected chi connectivity index (χ2v) is 4.29. The molecule has 1 amide bonds. The molecule has 0 saturated carbocycles. The molecule has 0 aliphatic carbocycles. The topological polar surface area (TPSA) is 85.8 Å². The van der Waals surface area contributed by atoms with Crippen LogP contribution in [-0.2, 0) is 11.8 Å². The van der Waals surface area contributed by atoms with E-state index in [1.807, 2.05) is 35.9 Å². The molecule has 0 fully saturated rings. The highest BCUT2D eigenvalue weighted by atomic mass is 16.1. The highest BCUT2D eigenvalue weighted by molar-refractivity contribution is 5.91. The van der Waals surface area contributed by atoms with Crippen molar-refractivity contribution in [3.05, 3.63) is 30.6 Å². The van der Waals surface area contributed by atoms with Gasteiger partial charge in [-0.1, -0.05) is 12.1 Å². The molecule has 2 aromatic rings. The Morgan fingerprint density at radius 3 is 3.00 bits per heavy atom. The van der Waals surface area contributed by atoms with Crippen molar-refractivity contribution < 1.29 is 4.79 Å². The SMILES string of the molecule is Cn1cnnc1-c1cccc(NC(=O)CCCN)c1. The summed E-state index contributed by atoms with van der Waals surface area (Å²) in [5.74, 6) is 0.735. The first-order valence-corrected chi connectivity index (χ1v) is 6.15. The summed E-state index contributed by atoms with van der Waals surface area (Å²) in [7, 11) is 1.88. The average molecular weight is 259 g/mol. The number of nitrogens with zero attached hydrogens (tertiary/aromatic N) is 3. The van der Waals surface area contributed by atoms with Crippen LogP contribution in [0.3, 0.4) is 0 Å². The van der Waals surface area contributed by atoms with Gasteiger partial charge in [0.1, 0.15) is 6.33 Å². The number of hydrogen-bond acceptors (Lipinski definition) is 4. The summed E-state index contributed by atoms with van der Waals surface area (Å²) in [6, 6.07) is 7.53. The van der Waals surface area contributed by atoms with E-state index in [1.165, 1.54) is 0 Å². The predicted molar refractivity (Wildman–Crippen MR) is 73.4 cm³/mol. The first-order valence-electron chi connectivity index (χ1n) is 6.15. The normalized spacial score (nSPS) is 10.4. The van der Waals surface area contributed by atoms with Crippen LogP contribution >= 0.6 is 0 Å². The Hall–Kier alpha value is -2.21. The summed E-state index contributed by atoms with van der Waals surface area (Å²) in [5.41, 5.74) is 7.04. The summed E-state index contributed by atoms with van der Waals surface area (Å²) in [5, 5.41) is 10.7. The van der Waals surface area contributed by atoms with E-state index in [4.69, 9.17) is 5.73 Å². The molecule has 2 rings (SSSR count). The van der Waals surface area contributed by atoms with Crippen molar-refractivity contribution in [1.29, 1.82) is 0 Å². The van der Waals surface area contributed by atoms with Gasteiger partial charge in [-0.25, -0.2) is 0 Å². The van der Waals surface area contributed by atoms with Crippen LogP contribution in [-0.4, -0.2) is 27.2 Å². The Morgan fingerprint density at radius 2 is 2.32 bits per heavy atom. The van der Waals surface area contributed by atoms with Gasteiger partial charge in [0.25, 0.3) is 0 Å². The van der Waals surface area contributed by atoms with Crippen LogP contribution in [0.2, 0.25) is 0 Å². The van der Waals surface area contributed by atoms with Crippen molar-refractivity contribution in [3.63, 3.8) is 0 Å². The molecule has 1 heterocycles. The number of nitrogens with one attached hydrogen (secondary N) is 1. The van der Waals surface area contributed by atoms with E-state index in [1.54, 1.807) is 6.33 Å². The third-order valence-corrected chi connectivity index (χ3v) is 2.72. The van der Waals surface area contributed by atoms with E-state index in [0.717, 1.165) is 17.1 Å². The lowest BCUT2D eigenvalue weighted by molar-refractivity contribution is -0.116. The number of aryl methyl sites for hydroxylation is 1. The maximum absolute atomic E-state index is 11.6. The van der Waals surface area contributed by atoms with E-state index in [-0.39, 0.29) is 5.91 Å². The number of rotatable bonds is 5. The van der Waals surface area contributed by atoms with E-state index in [2.05, 4.69) is 15.5 Å². The van der Waals surface area contributed by atoms with Crippen LogP contribution in [0.4, 0.5) is 5.69 Å². The monoisotopic (exact) mass is 259 g/mol. The number of hydrogen-bond donors (Lipinski definition) is 2. The van der Waals surface area contributed by atoms with Crippen molar-refractivity contribution in [3.8, 4) is 11.4 Å². The lowest BCUT2D eigenvalue weighted by Gasteiger charge is -2.07. The number of nitrogens with two attached hydrogens (primary N) is 1. The number of benzene rings is 1. The zero-order valence-corrected chi connectivity index (χ0v) is 10.8. The second-order valence-electron chi connectivity index (χ2n) is 4.29. The van der Waals surface area contributed by atoms with Gasteiger partial charge in [0.05, 0.1) is 0 Å². The fraction of sp³-hybridized carbons (Fsp3) is 0.308. The summed E-state index contributed by atoms with van der Waals surface area (Å²) >= 11 is 0. The molecular weight excluding hydrogens is 242 g/mol. The molecule has 1 aromatic carbocycles. The molecule has 19 heavy (non-hydrogen) atoms. The Kier molecular flexibility index (Phi) is 4.25. The zero-order valence-electron chi connectivity index (χ0n) is 10.8. The fourth-order valence-electron chi connectivity index (χ4n) is 1.77. The minimum absolute atomic E-state index is 0.0273. The van der Waals surface area contributed by atoms with Crippen LogP contribution in [0.5, 0.6) is 0 Å². The Morgan fingerprint density at radius 1 is 1.47 bits per heavy atom. The Labute approximate surface area is 111 Å². The van der Waals surface area contributed by atoms with Crippen LogP contribution in [0.25, 0.3) is 11.4 Å². The third kappa shape index (κ3) is 3.38. The number of anilines is 1. The highest BCUT2D eigenvalue weighted by Gasteiger charge is 2.06. The van der Waals surface area contributed by atoms with Crippen molar-refractivity contribution in [2.45, 2.75) is 12.8 Å². The molecule has 6 nitrogen and oxygen atoms in total. The molecule has 1 aromatic heterocycles. The molecule has 0 atom stereocenters. The molecule has 0 saturated heterocycles. The van der Waals surface area contributed by atoms with Gasteiger partial charge >= 0.3 is 0 Å². The van der Waals surface area contributed by atoms with Crippen molar-refractivity contribution in [1.82, 2.24) is 14.8 Å². The molecule has 0 bridgehead atoms. The van der Waals surface area contributed by atoms with Crippen LogP contribution in [0.15, 0.2) is 30.6 Å². The van der Waals surface area contributed by atoms with Gasteiger partial charge in [-0.2, -0.15) is 0 Å². The van der Waals surface area contributed by atoms with Gasteiger partial charge in [0.2, 0.25) is 5.91 Å². The van der Waals surface area contributed by atoms with Gasteiger partial charge in [0.15, 0.2) is 5.82 Å². The average Bonchev–Trinajstić information content (AvgIpc) is 2.83. The summed E-state index contributed by atoms with van der Waals surface area (Å²) in [6.45, 7) is 0.520. The van der Waals surface area contributed by atoms with E-state index in [9.17, 15) is 4.79 Å². The number of aromatic nitrogens is 3. The Balaban J connectivity index is 2.12. The van der Waals surface area contributed by atoms with Crippen molar-refractivity contribution in [2.24, 2.45) is 12.8 Å². The smallest absolute Gasteiger partial charge is 0.224 e. The number of amides is 1. The van der Waals surface area contributed by atoms with Crippen LogP contribution in [0.1, 0.15) is 12.8 Å². The number of carbonyl (C=O) groups is 1. The fourth-order valence-corrected chi connectivity index (χ4v) is 1.77. The maximum Gasteiger partial charge on any atom is 0.224 e. The lowest BCUT2D eigenvalue weighted by Crippen LogP contribution is -2.13. The van der Waals surface area contributed by atoms with Gasteiger partial charge in [-0.15, -0.1) is 10.2 Å². The molecule has 0 aliphatic rings. The standard InChI is InChI=1S/C13H17N5O/c1-18-9-15-17-13(18)10-4-2-5-11(8-10)16-12(19)6-3-7-14/h2,4-5,8-9H,3,6-7,14H2,1H3,(H,16,19). The first kappa shape index (κ1) is 13.2. The molecule has 6 heteroatoms. The molecule has 0 radical (unpaired) electrons. The van der Waals surface area contributed by atoms with Crippen molar-refractivity contribution >= 4 is 11.6 Å². The maximum atomic E-state index is 11.6. The summed E-state index contributed by atoms with van der Waals surface area (Å²) < 4.78 is 1.83. The zero-order chi connectivity index (χ0) is 13.7. The molecule has 0 aliphatic heterocycles. The molecular formula is C13H17N5O. The van der Waals surface area contributed by atoms with E-state index >= 15 is 0 Å². The molecule has 3 N–H and O–H groups in total. The molecule has 0 unspecified atom stereocenters. The van der Waals surface area contributed by atoms with Crippen LogP contribution in [0, 0.1) is 0 Å². The van der Waals surface area contributed by atoms with Gasteiger partial charge < -0.3 is 15.6 Å². The minimum Gasteiger partial charge on any atom is -0.330 e. The largest absolute Gasteiger partial charge is 0.330 e. The van der Waals surface area contributed by atoms with Gasteiger partial charge in [-0.05, 0) is 25.1 Å².